The van der Waals surface area contributed by atoms with E-state index in [0.29, 0.717) is 0 Å². The highest BCUT2D eigenvalue weighted by Crippen LogP contribution is 2.16. The molecular formula is C16H25N3O. The SMILES string of the molecule is CNc1cc(C)ccc1C(=O)NCCCN1CCCC1. The number of anilines is 1. The van der Waals surface area contributed by atoms with Gasteiger partial charge in [-0.05, 0) is 63.5 Å². The Morgan fingerprint density at radius 1 is 1.30 bits per heavy atom. The molecule has 1 saturated heterocycles. The molecule has 0 aliphatic carbocycles. The summed E-state index contributed by atoms with van der Waals surface area (Å²) in [6, 6.07) is 5.86. The lowest BCUT2D eigenvalue weighted by Gasteiger charge is -2.15. The molecule has 1 amide bonds. The van der Waals surface area contributed by atoms with Crippen LogP contribution in [0, 0.1) is 6.92 Å². The van der Waals surface area contributed by atoms with Gasteiger partial charge in [0.15, 0.2) is 0 Å². The predicted octanol–water partition coefficient (Wildman–Crippen LogP) is 2.25. The highest BCUT2D eigenvalue weighted by molar-refractivity contribution is 5.99. The van der Waals surface area contributed by atoms with Crippen LogP contribution in [0.3, 0.4) is 0 Å². The molecule has 4 nitrogen and oxygen atoms in total. The molecule has 1 heterocycles. The minimum atomic E-state index is 0.00997. The Morgan fingerprint density at radius 2 is 2.05 bits per heavy atom. The Labute approximate surface area is 121 Å². The van der Waals surface area contributed by atoms with Crippen molar-refractivity contribution in [2.24, 2.45) is 0 Å². The number of carbonyl (C=O) groups is 1. The quantitative estimate of drug-likeness (QED) is 0.783. The summed E-state index contributed by atoms with van der Waals surface area (Å²) in [5.41, 5.74) is 2.77. The average Bonchev–Trinajstić information content (AvgIpc) is 2.96. The lowest BCUT2D eigenvalue weighted by atomic mass is 10.1. The first-order valence-electron chi connectivity index (χ1n) is 7.49. The molecular weight excluding hydrogens is 250 g/mol. The van der Waals surface area contributed by atoms with E-state index in [1.807, 2.05) is 32.2 Å². The number of nitrogens with zero attached hydrogens (tertiary/aromatic N) is 1. The molecule has 1 aromatic carbocycles. The first-order valence-corrected chi connectivity index (χ1v) is 7.49. The molecule has 0 spiro atoms. The van der Waals surface area contributed by atoms with Gasteiger partial charge in [0.25, 0.3) is 5.91 Å². The van der Waals surface area contributed by atoms with Crippen LogP contribution in [-0.4, -0.2) is 44.0 Å². The van der Waals surface area contributed by atoms with E-state index in [1.54, 1.807) is 0 Å². The van der Waals surface area contributed by atoms with E-state index < -0.39 is 0 Å². The number of amides is 1. The number of nitrogens with one attached hydrogen (secondary N) is 2. The second kappa shape index (κ2) is 7.29. The fourth-order valence-corrected chi connectivity index (χ4v) is 2.67. The summed E-state index contributed by atoms with van der Waals surface area (Å²) in [5, 5.41) is 6.09. The minimum absolute atomic E-state index is 0.00997. The number of rotatable bonds is 6. The van der Waals surface area contributed by atoms with Crippen LogP contribution in [0.2, 0.25) is 0 Å². The molecule has 0 unspecified atom stereocenters. The maximum absolute atomic E-state index is 12.2. The van der Waals surface area contributed by atoms with Gasteiger partial charge in [-0.1, -0.05) is 6.07 Å². The first kappa shape index (κ1) is 14.9. The van der Waals surface area contributed by atoms with Crippen molar-refractivity contribution in [1.29, 1.82) is 0 Å². The summed E-state index contributed by atoms with van der Waals surface area (Å²) in [6.45, 7) is 6.30. The molecule has 1 fully saturated rings. The van der Waals surface area contributed by atoms with Gasteiger partial charge in [0.1, 0.15) is 0 Å². The summed E-state index contributed by atoms with van der Waals surface area (Å²) in [4.78, 5) is 14.6. The minimum Gasteiger partial charge on any atom is -0.387 e. The summed E-state index contributed by atoms with van der Waals surface area (Å²) >= 11 is 0. The van der Waals surface area contributed by atoms with E-state index >= 15 is 0 Å². The van der Waals surface area contributed by atoms with Gasteiger partial charge in [-0.2, -0.15) is 0 Å². The Bertz CT molecular complexity index is 453. The predicted molar refractivity (Wildman–Crippen MR) is 83.3 cm³/mol. The van der Waals surface area contributed by atoms with Crippen molar-refractivity contribution in [2.75, 3.05) is 38.5 Å². The van der Waals surface area contributed by atoms with Gasteiger partial charge in [-0.25, -0.2) is 0 Å². The smallest absolute Gasteiger partial charge is 0.253 e. The van der Waals surface area contributed by atoms with Crippen molar-refractivity contribution in [1.82, 2.24) is 10.2 Å². The van der Waals surface area contributed by atoms with Gasteiger partial charge in [0.05, 0.1) is 5.56 Å². The molecule has 4 heteroatoms. The van der Waals surface area contributed by atoms with Crippen LogP contribution in [0.1, 0.15) is 35.2 Å². The van der Waals surface area contributed by atoms with Crippen LogP contribution < -0.4 is 10.6 Å². The first-order chi connectivity index (χ1) is 9.70. The Kier molecular flexibility index (Phi) is 5.41. The fraction of sp³-hybridized carbons (Fsp3) is 0.562. The van der Waals surface area contributed by atoms with Crippen LogP contribution in [0.4, 0.5) is 5.69 Å². The molecule has 110 valence electrons. The molecule has 0 radical (unpaired) electrons. The number of carbonyl (C=O) groups excluding carboxylic acids is 1. The van der Waals surface area contributed by atoms with Crippen molar-refractivity contribution in [2.45, 2.75) is 26.2 Å². The Balaban J connectivity index is 1.79. The van der Waals surface area contributed by atoms with Gasteiger partial charge in [-0.15, -0.1) is 0 Å². The van der Waals surface area contributed by atoms with Crippen LogP contribution in [0.5, 0.6) is 0 Å². The third kappa shape index (κ3) is 3.97. The van der Waals surface area contributed by atoms with Gasteiger partial charge >= 0.3 is 0 Å². The maximum Gasteiger partial charge on any atom is 0.253 e. The number of benzene rings is 1. The molecule has 20 heavy (non-hydrogen) atoms. The van der Waals surface area contributed by atoms with Crippen molar-refractivity contribution in [3.63, 3.8) is 0 Å². The normalized spacial score (nSPS) is 15.3. The molecule has 0 atom stereocenters. The van der Waals surface area contributed by atoms with E-state index in [9.17, 15) is 4.79 Å². The third-order valence-electron chi connectivity index (χ3n) is 3.82. The lowest BCUT2D eigenvalue weighted by Crippen LogP contribution is -2.29. The van der Waals surface area contributed by atoms with Crippen molar-refractivity contribution >= 4 is 11.6 Å². The van der Waals surface area contributed by atoms with Crippen LogP contribution in [-0.2, 0) is 0 Å². The zero-order chi connectivity index (χ0) is 14.4. The number of likely N-dealkylation sites (tertiary alicyclic amines) is 1. The summed E-state index contributed by atoms with van der Waals surface area (Å²) in [6.07, 6.45) is 3.66. The number of aryl methyl sites for hydroxylation is 1. The van der Waals surface area contributed by atoms with Gasteiger partial charge in [-0.3, -0.25) is 4.79 Å². The number of hydrogen-bond donors (Lipinski definition) is 2. The fourth-order valence-electron chi connectivity index (χ4n) is 2.67. The average molecular weight is 275 g/mol. The van der Waals surface area contributed by atoms with Gasteiger partial charge < -0.3 is 15.5 Å². The molecule has 2 N–H and O–H groups in total. The van der Waals surface area contributed by atoms with E-state index in [2.05, 4.69) is 15.5 Å². The molecule has 2 rings (SSSR count). The zero-order valence-corrected chi connectivity index (χ0v) is 12.5. The molecule has 1 aromatic rings. The van der Waals surface area contributed by atoms with Crippen LogP contribution in [0.15, 0.2) is 18.2 Å². The molecule has 0 aromatic heterocycles. The highest BCUT2D eigenvalue weighted by atomic mass is 16.1. The Morgan fingerprint density at radius 3 is 2.75 bits per heavy atom. The zero-order valence-electron chi connectivity index (χ0n) is 12.5. The van der Waals surface area contributed by atoms with Crippen molar-refractivity contribution < 1.29 is 4.79 Å². The van der Waals surface area contributed by atoms with E-state index in [1.165, 1.54) is 25.9 Å². The standard InChI is InChI=1S/C16H25N3O/c1-13-6-7-14(15(12-13)17-2)16(20)18-8-5-11-19-9-3-4-10-19/h6-7,12,17H,3-5,8-11H2,1-2H3,(H,18,20). The molecule has 1 aliphatic rings. The topological polar surface area (TPSA) is 44.4 Å². The molecule has 0 saturated carbocycles. The van der Waals surface area contributed by atoms with Crippen LogP contribution in [0.25, 0.3) is 0 Å². The van der Waals surface area contributed by atoms with E-state index in [-0.39, 0.29) is 5.91 Å². The van der Waals surface area contributed by atoms with Crippen molar-refractivity contribution in [3.8, 4) is 0 Å². The van der Waals surface area contributed by atoms with Gasteiger partial charge in [0.2, 0.25) is 0 Å². The maximum atomic E-state index is 12.2. The Hall–Kier alpha value is -1.55. The van der Waals surface area contributed by atoms with Crippen LogP contribution >= 0.6 is 0 Å². The monoisotopic (exact) mass is 275 g/mol. The summed E-state index contributed by atoms with van der Waals surface area (Å²) in [7, 11) is 1.85. The van der Waals surface area contributed by atoms with Crippen molar-refractivity contribution in [3.05, 3.63) is 29.3 Å². The molecule has 0 bridgehead atoms. The third-order valence-corrected chi connectivity index (χ3v) is 3.82. The molecule has 1 aliphatic heterocycles. The summed E-state index contributed by atoms with van der Waals surface area (Å²) < 4.78 is 0. The summed E-state index contributed by atoms with van der Waals surface area (Å²) in [5.74, 6) is 0.00997. The highest BCUT2D eigenvalue weighted by Gasteiger charge is 2.12. The largest absolute Gasteiger partial charge is 0.387 e. The lowest BCUT2D eigenvalue weighted by molar-refractivity contribution is 0.0953. The van der Waals surface area contributed by atoms with Gasteiger partial charge in [0, 0.05) is 19.3 Å². The second-order valence-corrected chi connectivity index (χ2v) is 5.46. The van der Waals surface area contributed by atoms with E-state index in [4.69, 9.17) is 0 Å². The number of hydrogen-bond acceptors (Lipinski definition) is 3. The second-order valence-electron chi connectivity index (χ2n) is 5.46. The van der Waals surface area contributed by atoms with E-state index in [0.717, 1.165) is 36.3 Å².